The third-order valence-corrected chi connectivity index (χ3v) is 5.14. The summed E-state index contributed by atoms with van der Waals surface area (Å²) in [5.74, 6) is 1.33. The van der Waals surface area contributed by atoms with Crippen molar-refractivity contribution >= 4 is 10.9 Å². The van der Waals surface area contributed by atoms with Gasteiger partial charge >= 0.3 is 0 Å². The minimum atomic E-state index is -0.330. The van der Waals surface area contributed by atoms with Gasteiger partial charge in [-0.1, -0.05) is 18.2 Å². The lowest BCUT2D eigenvalue weighted by Crippen LogP contribution is -2.23. The number of ether oxygens (including phenoxy) is 1. The number of rotatable bonds is 5. The van der Waals surface area contributed by atoms with Crippen LogP contribution >= 0.6 is 0 Å². The molecule has 0 unspecified atom stereocenters. The van der Waals surface area contributed by atoms with Crippen molar-refractivity contribution in [2.24, 2.45) is 0 Å². The van der Waals surface area contributed by atoms with Gasteiger partial charge in [-0.25, -0.2) is 19.0 Å². The van der Waals surface area contributed by atoms with Gasteiger partial charge in [0.25, 0.3) is 5.56 Å². The van der Waals surface area contributed by atoms with Crippen molar-refractivity contribution < 1.29 is 9.13 Å². The Morgan fingerprint density at radius 3 is 2.66 bits per heavy atom. The monoisotopic (exact) mass is 427 g/mol. The van der Waals surface area contributed by atoms with Crippen LogP contribution in [-0.4, -0.2) is 31.4 Å². The first kappa shape index (κ1) is 19.6. The Labute approximate surface area is 182 Å². The summed E-state index contributed by atoms with van der Waals surface area (Å²) in [7, 11) is 1.56. The van der Waals surface area contributed by atoms with E-state index in [1.54, 1.807) is 36.2 Å². The highest BCUT2D eigenvalue weighted by molar-refractivity contribution is 5.81. The SMILES string of the molecule is COc1cnc(-c2cccc(Cn3nc(-n4ccc5ccc(F)cc54)ccc3=O)c2)nc1. The van der Waals surface area contributed by atoms with Crippen LogP contribution in [-0.2, 0) is 6.54 Å². The Kier molecular flexibility index (Phi) is 4.95. The first-order valence-electron chi connectivity index (χ1n) is 9.91. The lowest BCUT2D eigenvalue weighted by Gasteiger charge is -2.10. The van der Waals surface area contributed by atoms with Crippen LogP contribution in [0.3, 0.4) is 0 Å². The van der Waals surface area contributed by atoms with Gasteiger partial charge in [-0.2, -0.15) is 5.10 Å². The van der Waals surface area contributed by atoms with Crippen molar-refractivity contribution in [3.05, 3.63) is 101 Å². The molecule has 0 fully saturated rings. The van der Waals surface area contributed by atoms with Crippen LogP contribution in [0, 0.1) is 5.82 Å². The summed E-state index contributed by atoms with van der Waals surface area (Å²) in [6.45, 7) is 0.268. The lowest BCUT2D eigenvalue weighted by molar-refractivity contribution is 0.411. The average Bonchev–Trinajstić information content (AvgIpc) is 3.24. The van der Waals surface area contributed by atoms with Crippen molar-refractivity contribution in [1.82, 2.24) is 24.3 Å². The molecule has 0 spiro atoms. The van der Waals surface area contributed by atoms with Crippen LogP contribution in [0.25, 0.3) is 28.1 Å². The summed E-state index contributed by atoms with van der Waals surface area (Å²) in [5, 5.41) is 5.40. The van der Waals surface area contributed by atoms with Gasteiger partial charge in [0.1, 0.15) is 5.82 Å². The maximum absolute atomic E-state index is 13.8. The van der Waals surface area contributed by atoms with E-state index in [1.165, 1.54) is 22.9 Å². The smallest absolute Gasteiger partial charge is 0.267 e. The molecule has 0 bridgehead atoms. The van der Waals surface area contributed by atoms with E-state index >= 15 is 0 Å². The molecule has 0 aliphatic carbocycles. The van der Waals surface area contributed by atoms with Gasteiger partial charge in [-0.15, -0.1) is 0 Å². The van der Waals surface area contributed by atoms with Gasteiger partial charge in [-0.3, -0.25) is 9.36 Å². The minimum absolute atomic E-state index is 0.234. The number of fused-ring (bicyclic) bond motifs is 1. The Morgan fingerprint density at radius 1 is 1.00 bits per heavy atom. The zero-order valence-corrected chi connectivity index (χ0v) is 17.1. The predicted octanol–water partition coefficient (Wildman–Crippen LogP) is 3.84. The molecule has 158 valence electrons. The van der Waals surface area contributed by atoms with Crippen LogP contribution in [0.1, 0.15) is 5.56 Å². The van der Waals surface area contributed by atoms with E-state index in [-0.39, 0.29) is 17.9 Å². The van der Waals surface area contributed by atoms with Gasteiger partial charge in [0.2, 0.25) is 0 Å². The van der Waals surface area contributed by atoms with Crippen LogP contribution in [0.15, 0.2) is 84.0 Å². The molecule has 0 radical (unpaired) electrons. The van der Waals surface area contributed by atoms with Gasteiger partial charge in [0, 0.05) is 23.2 Å². The summed E-state index contributed by atoms with van der Waals surface area (Å²) in [4.78, 5) is 21.1. The number of methoxy groups -OCH3 is 1. The highest BCUT2D eigenvalue weighted by Gasteiger charge is 2.09. The topological polar surface area (TPSA) is 74.8 Å². The van der Waals surface area contributed by atoms with Crippen molar-refractivity contribution in [3.63, 3.8) is 0 Å². The molecule has 8 heteroatoms. The second-order valence-electron chi connectivity index (χ2n) is 7.22. The number of hydrogen-bond acceptors (Lipinski definition) is 5. The molecule has 3 aromatic heterocycles. The maximum Gasteiger partial charge on any atom is 0.267 e. The molecule has 3 heterocycles. The fourth-order valence-electron chi connectivity index (χ4n) is 3.53. The van der Waals surface area contributed by atoms with Gasteiger partial charge in [0.05, 0.1) is 31.6 Å². The zero-order valence-electron chi connectivity index (χ0n) is 17.1. The van der Waals surface area contributed by atoms with Crippen LogP contribution < -0.4 is 10.3 Å². The summed E-state index contributed by atoms with van der Waals surface area (Å²) < 4.78 is 22.0. The molecule has 0 N–H and O–H groups in total. The number of halogens is 1. The van der Waals surface area contributed by atoms with Gasteiger partial charge in [0.15, 0.2) is 17.4 Å². The summed E-state index contributed by atoms with van der Waals surface area (Å²) >= 11 is 0. The number of hydrogen-bond donors (Lipinski definition) is 0. The molecule has 7 nitrogen and oxygen atoms in total. The molecule has 2 aromatic carbocycles. The van der Waals surface area contributed by atoms with Crippen LogP contribution in [0.5, 0.6) is 5.75 Å². The third kappa shape index (κ3) is 3.74. The van der Waals surface area contributed by atoms with Gasteiger partial charge < -0.3 is 4.74 Å². The third-order valence-electron chi connectivity index (χ3n) is 5.14. The van der Waals surface area contributed by atoms with Gasteiger partial charge in [-0.05, 0) is 42.0 Å². The highest BCUT2D eigenvalue weighted by atomic mass is 19.1. The standard InChI is InChI=1S/C24H18FN5O2/c1-32-20-13-26-24(27-14-20)18-4-2-3-16(11-18)15-30-23(31)8-7-22(28-30)29-10-9-17-5-6-19(25)12-21(17)29/h2-14H,15H2,1H3. The molecular weight excluding hydrogens is 409 g/mol. The Hall–Kier alpha value is -4.33. The fraction of sp³-hybridized carbons (Fsp3) is 0.0833. The van der Waals surface area contributed by atoms with Crippen LogP contribution in [0.4, 0.5) is 4.39 Å². The van der Waals surface area contributed by atoms with E-state index < -0.39 is 0 Å². The number of benzene rings is 2. The van der Waals surface area contributed by atoms with Crippen LogP contribution in [0.2, 0.25) is 0 Å². The van der Waals surface area contributed by atoms with E-state index in [0.29, 0.717) is 22.9 Å². The highest BCUT2D eigenvalue weighted by Crippen LogP contribution is 2.21. The first-order valence-corrected chi connectivity index (χ1v) is 9.91. The van der Waals surface area contributed by atoms with Crippen molar-refractivity contribution in [2.45, 2.75) is 6.54 Å². The van der Waals surface area contributed by atoms with E-state index in [0.717, 1.165) is 16.5 Å². The zero-order chi connectivity index (χ0) is 22.1. The molecule has 0 aliphatic rings. The Morgan fingerprint density at radius 2 is 1.84 bits per heavy atom. The molecule has 0 saturated carbocycles. The van der Waals surface area contributed by atoms with E-state index in [1.807, 2.05) is 36.5 Å². The van der Waals surface area contributed by atoms with Crippen molar-refractivity contribution in [1.29, 1.82) is 0 Å². The summed E-state index contributed by atoms with van der Waals surface area (Å²) in [6.07, 6.45) is 5.02. The van der Waals surface area contributed by atoms with Crippen molar-refractivity contribution in [3.8, 4) is 23.0 Å². The largest absolute Gasteiger partial charge is 0.494 e. The quantitative estimate of drug-likeness (QED) is 0.426. The molecule has 5 aromatic rings. The van der Waals surface area contributed by atoms with E-state index in [2.05, 4.69) is 15.1 Å². The summed E-state index contributed by atoms with van der Waals surface area (Å²) in [6, 6.07) is 17.2. The molecule has 32 heavy (non-hydrogen) atoms. The number of aromatic nitrogens is 5. The minimum Gasteiger partial charge on any atom is -0.494 e. The number of nitrogens with zero attached hydrogens (tertiary/aromatic N) is 5. The molecular formula is C24H18FN5O2. The maximum atomic E-state index is 13.8. The average molecular weight is 427 g/mol. The summed E-state index contributed by atoms with van der Waals surface area (Å²) in [5.41, 5.74) is 2.14. The Balaban J connectivity index is 1.48. The molecule has 0 aliphatic heterocycles. The van der Waals surface area contributed by atoms with Crippen molar-refractivity contribution in [2.75, 3.05) is 7.11 Å². The molecule has 0 atom stereocenters. The lowest BCUT2D eigenvalue weighted by atomic mass is 10.1. The fourth-order valence-corrected chi connectivity index (χ4v) is 3.53. The first-order chi connectivity index (χ1) is 15.6. The predicted molar refractivity (Wildman–Crippen MR) is 118 cm³/mol. The normalized spacial score (nSPS) is 11.1. The molecule has 5 rings (SSSR count). The second-order valence-corrected chi connectivity index (χ2v) is 7.22. The molecule has 0 saturated heterocycles. The van der Waals surface area contributed by atoms with E-state index in [4.69, 9.17) is 4.74 Å². The molecule has 0 amide bonds. The van der Waals surface area contributed by atoms with E-state index in [9.17, 15) is 9.18 Å². The second kappa shape index (κ2) is 8.07. The Bertz CT molecular complexity index is 1470.